The van der Waals surface area contributed by atoms with E-state index >= 15 is 0 Å². The van der Waals surface area contributed by atoms with E-state index in [0.717, 1.165) is 18.9 Å². The number of hydrogen-bond acceptors (Lipinski definition) is 5. The minimum Gasteiger partial charge on any atom is -0.477 e. The van der Waals surface area contributed by atoms with Crippen LogP contribution in [0.3, 0.4) is 0 Å². The standard InChI is InChI=1S/C15H13FN4O3/c16-11-6-9-12(21)10(15(22)23)7-19(8-2-3-8)13(9)18-14(11)20-5-1-4-17-20/h4,6-8H,1-3,5H2,(H,22,23). The summed E-state index contributed by atoms with van der Waals surface area (Å²) in [6.07, 6.45) is 5.45. The maximum absolute atomic E-state index is 14.4. The van der Waals surface area contributed by atoms with Crippen LogP contribution in [0.25, 0.3) is 11.0 Å². The number of hydrogen-bond donors (Lipinski definition) is 1. The summed E-state index contributed by atoms with van der Waals surface area (Å²) in [5, 5.41) is 14.7. The molecule has 3 heterocycles. The Kier molecular flexibility index (Phi) is 2.93. The van der Waals surface area contributed by atoms with Crippen molar-refractivity contribution in [3.05, 3.63) is 33.9 Å². The van der Waals surface area contributed by atoms with Crippen LogP contribution in [0.15, 0.2) is 22.2 Å². The molecule has 0 spiro atoms. The first-order chi connectivity index (χ1) is 11.1. The van der Waals surface area contributed by atoms with Gasteiger partial charge in [0.1, 0.15) is 11.2 Å². The van der Waals surface area contributed by atoms with Gasteiger partial charge in [-0.2, -0.15) is 5.10 Å². The third kappa shape index (κ3) is 2.18. The molecule has 1 saturated carbocycles. The van der Waals surface area contributed by atoms with Gasteiger partial charge in [0, 0.05) is 31.4 Å². The molecular formula is C15H13FN4O3. The van der Waals surface area contributed by atoms with Crippen LogP contribution in [-0.4, -0.2) is 33.4 Å². The van der Waals surface area contributed by atoms with E-state index in [1.807, 2.05) is 0 Å². The highest BCUT2D eigenvalue weighted by atomic mass is 19.1. The molecule has 23 heavy (non-hydrogen) atoms. The Hall–Kier alpha value is -2.77. The number of pyridine rings is 2. The molecule has 0 atom stereocenters. The number of carboxylic acid groups (broad SMARTS) is 1. The number of aromatic nitrogens is 2. The topological polar surface area (TPSA) is 87.8 Å². The lowest BCUT2D eigenvalue weighted by Crippen LogP contribution is -2.21. The number of hydrazone groups is 1. The second kappa shape index (κ2) is 4.87. The lowest BCUT2D eigenvalue weighted by atomic mass is 10.2. The third-order valence-corrected chi connectivity index (χ3v) is 4.05. The summed E-state index contributed by atoms with van der Waals surface area (Å²) >= 11 is 0. The van der Waals surface area contributed by atoms with Crippen molar-refractivity contribution in [2.75, 3.05) is 11.6 Å². The van der Waals surface area contributed by atoms with E-state index in [-0.39, 0.29) is 22.8 Å². The van der Waals surface area contributed by atoms with Crippen molar-refractivity contribution in [3.8, 4) is 0 Å². The van der Waals surface area contributed by atoms with Crippen LogP contribution >= 0.6 is 0 Å². The molecule has 0 amide bonds. The molecule has 2 aromatic heterocycles. The fraction of sp³-hybridized carbons (Fsp3) is 0.333. The molecule has 1 aliphatic carbocycles. The van der Waals surface area contributed by atoms with Gasteiger partial charge in [-0.15, -0.1) is 0 Å². The molecule has 0 unspecified atom stereocenters. The highest BCUT2D eigenvalue weighted by molar-refractivity contribution is 5.92. The van der Waals surface area contributed by atoms with Gasteiger partial charge < -0.3 is 9.67 Å². The number of carboxylic acids is 1. The molecular weight excluding hydrogens is 303 g/mol. The molecule has 1 fully saturated rings. The zero-order chi connectivity index (χ0) is 16.1. The van der Waals surface area contributed by atoms with Crippen molar-refractivity contribution in [1.29, 1.82) is 0 Å². The van der Waals surface area contributed by atoms with Gasteiger partial charge in [0.2, 0.25) is 5.43 Å². The smallest absolute Gasteiger partial charge is 0.341 e. The van der Waals surface area contributed by atoms with E-state index in [9.17, 15) is 19.1 Å². The highest BCUT2D eigenvalue weighted by Crippen LogP contribution is 2.37. The Labute approximate surface area is 129 Å². The maximum atomic E-state index is 14.4. The van der Waals surface area contributed by atoms with Gasteiger partial charge in [0.05, 0.1) is 5.39 Å². The predicted octanol–water partition coefficient (Wildman–Crippen LogP) is 1.76. The second-order valence-corrected chi connectivity index (χ2v) is 5.69. The van der Waals surface area contributed by atoms with Gasteiger partial charge >= 0.3 is 5.97 Å². The maximum Gasteiger partial charge on any atom is 0.341 e. The van der Waals surface area contributed by atoms with Crippen LogP contribution in [0.4, 0.5) is 10.2 Å². The van der Waals surface area contributed by atoms with Crippen LogP contribution in [-0.2, 0) is 0 Å². The minimum absolute atomic E-state index is 0.0128. The first kappa shape index (κ1) is 13.9. The quantitative estimate of drug-likeness (QED) is 0.932. The number of aromatic carboxylic acids is 1. The molecule has 0 saturated heterocycles. The zero-order valence-corrected chi connectivity index (χ0v) is 12.1. The molecule has 0 radical (unpaired) electrons. The van der Waals surface area contributed by atoms with E-state index in [4.69, 9.17) is 0 Å². The van der Waals surface area contributed by atoms with Crippen LogP contribution in [0.5, 0.6) is 0 Å². The molecule has 7 nitrogen and oxygen atoms in total. The van der Waals surface area contributed by atoms with E-state index in [1.165, 1.54) is 11.2 Å². The average molecular weight is 316 g/mol. The number of nitrogens with zero attached hydrogens (tertiary/aromatic N) is 4. The fourth-order valence-electron chi connectivity index (χ4n) is 2.76. The van der Waals surface area contributed by atoms with Crippen molar-refractivity contribution in [1.82, 2.24) is 9.55 Å². The van der Waals surface area contributed by atoms with Crippen LogP contribution in [0, 0.1) is 5.82 Å². The molecule has 0 aromatic carbocycles. The molecule has 4 rings (SSSR count). The number of carbonyl (C=O) groups is 1. The van der Waals surface area contributed by atoms with Crippen molar-refractivity contribution in [2.45, 2.75) is 25.3 Å². The predicted molar refractivity (Wildman–Crippen MR) is 81.6 cm³/mol. The SMILES string of the molecule is O=C(O)c1cn(C2CC2)c2nc(N3CCC=N3)c(F)cc2c1=O. The van der Waals surface area contributed by atoms with Gasteiger partial charge in [0.15, 0.2) is 11.6 Å². The Balaban J connectivity index is 2.02. The summed E-state index contributed by atoms with van der Waals surface area (Å²) in [4.78, 5) is 27.9. The molecule has 2 aliphatic rings. The van der Waals surface area contributed by atoms with Crippen molar-refractivity contribution in [3.63, 3.8) is 0 Å². The lowest BCUT2D eigenvalue weighted by Gasteiger charge is -2.16. The molecule has 0 bridgehead atoms. The monoisotopic (exact) mass is 316 g/mol. The van der Waals surface area contributed by atoms with E-state index in [1.54, 1.807) is 10.8 Å². The lowest BCUT2D eigenvalue weighted by molar-refractivity contribution is 0.0695. The van der Waals surface area contributed by atoms with Gasteiger partial charge in [-0.05, 0) is 18.9 Å². The van der Waals surface area contributed by atoms with E-state index < -0.39 is 17.2 Å². The van der Waals surface area contributed by atoms with Crippen molar-refractivity contribution in [2.24, 2.45) is 5.10 Å². The fourth-order valence-corrected chi connectivity index (χ4v) is 2.76. The molecule has 1 aliphatic heterocycles. The normalized spacial score (nSPS) is 17.2. The van der Waals surface area contributed by atoms with E-state index in [0.29, 0.717) is 18.6 Å². The van der Waals surface area contributed by atoms with Gasteiger partial charge in [-0.3, -0.25) is 4.79 Å². The van der Waals surface area contributed by atoms with Crippen LogP contribution in [0.1, 0.15) is 35.7 Å². The molecule has 118 valence electrons. The Morgan fingerprint density at radius 2 is 2.17 bits per heavy atom. The third-order valence-electron chi connectivity index (χ3n) is 4.05. The van der Waals surface area contributed by atoms with Crippen molar-refractivity contribution < 1.29 is 14.3 Å². The number of anilines is 1. The first-order valence-electron chi connectivity index (χ1n) is 7.35. The number of fused-ring (bicyclic) bond motifs is 1. The van der Waals surface area contributed by atoms with Crippen LogP contribution in [0.2, 0.25) is 0 Å². The summed E-state index contributed by atoms with van der Waals surface area (Å²) in [6.45, 7) is 0.524. The zero-order valence-electron chi connectivity index (χ0n) is 12.1. The van der Waals surface area contributed by atoms with Gasteiger partial charge in [-0.25, -0.2) is 19.2 Å². The van der Waals surface area contributed by atoms with E-state index in [2.05, 4.69) is 10.1 Å². The summed E-state index contributed by atoms with van der Waals surface area (Å²) < 4.78 is 16.0. The largest absolute Gasteiger partial charge is 0.477 e. The Morgan fingerprint density at radius 1 is 1.39 bits per heavy atom. The molecule has 8 heteroatoms. The summed E-state index contributed by atoms with van der Waals surface area (Å²) in [5.74, 6) is -1.94. The molecule has 2 aromatic rings. The average Bonchev–Trinajstić information content (AvgIpc) is 3.21. The number of rotatable bonds is 3. The first-order valence-corrected chi connectivity index (χ1v) is 7.35. The summed E-state index contributed by atoms with van der Waals surface area (Å²) in [6, 6.07) is 1.17. The summed E-state index contributed by atoms with van der Waals surface area (Å²) in [7, 11) is 0. The molecule has 1 N–H and O–H groups in total. The highest BCUT2D eigenvalue weighted by Gasteiger charge is 2.28. The second-order valence-electron chi connectivity index (χ2n) is 5.69. The Morgan fingerprint density at radius 3 is 2.78 bits per heavy atom. The number of halogens is 1. The van der Waals surface area contributed by atoms with Gasteiger partial charge in [0.25, 0.3) is 0 Å². The summed E-state index contributed by atoms with van der Waals surface area (Å²) in [5.41, 5.74) is -0.772. The Bertz CT molecular complexity index is 917. The van der Waals surface area contributed by atoms with Gasteiger partial charge in [-0.1, -0.05) is 0 Å². The van der Waals surface area contributed by atoms with Crippen molar-refractivity contribution >= 4 is 29.0 Å². The minimum atomic E-state index is -1.32. The van der Waals surface area contributed by atoms with Crippen LogP contribution < -0.4 is 10.4 Å².